The Morgan fingerprint density at radius 1 is 1.00 bits per heavy atom. The van der Waals surface area contributed by atoms with Crippen molar-refractivity contribution in [3.8, 4) is 11.5 Å². The highest BCUT2D eigenvalue weighted by Gasteiger charge is 2.32. The number of hydrogen-bond donors (Lipinski definition) is 1. The molecule has 4 rings (SSSR count). The van der Waals surface area contributed by atoms with E-state index in [9.17, 15) is 4.39 Å². The molecule has 0 aromatic heterocycles. The van der Waals surface area contributed by atoms with Crippen LogP contribution in [0.3, 0.4) is 0 Å². The molecular weight excluding hydrogens is 389 g/mol. The van der Waals surface area contributed by atoms with Crippen molar-refractivity contribution in [1.29, 1.82) is 0 Å². The maximum atomic E-state index is 11.9. The molecule has 1 aliphatic rings. The van der Waals surface area contributed by atoms with E-state index >= 15 is 0 Å². The fourth-order valence-electron chi connectivity index (χ4n) is 3.05. The molecule has 1 aliphatic heterocycles. The first-order valence-electron chi connectivity index (χ1n) is 9.16. The Morgan fingerprint density at radius 2 is 1.66 bits per heavy atom. The maximum absolute atomic E-state index is 11.9. The van der Waals surface area contributed by atoms with Crippen LogP contribution in [-0.4, -0.2) is 20.2 Å². The van der Waals surface area contributed by atoms with Crippen molar-refractivity contribution in [1.82, 2.24) is 5.32 Å². The third kappa shape index (κ3) is 6.48. The van der Waals surface area contributed by atoms with Crippen molar-refractivity contribution in [3.63, 3.8) is 0 Å². The number of rotatable bonds is 4. The smallest absolute Gasteiger partial charge is 0.135 e. The predicted molar refractivity (Wildman–Crippen MR) is 117 cm³/mol. The normalized spacial score (nSPS) is 16.9. The fourth-order valence-corrected chi connectivity index (χ4v) is 3.17. The van der Waals surface area contributed by atoms with E-state index in [0.717, 1.165) is 23.6 Å². The van der Waals surface area contributed by atoms with Gasteiger partial charge in [-0.05, 0) is 49.5 Å². The van der Waals surface area contributed by atoms with Gasteiger partial charge in [-0.3, -0.25) is 0 Å². The topological polar surface area (TPSA) is 30.5 Å². The minimum Gasteiger partial charge on any atom is -0.493 e. The van der Waals surface area contributed by atoms with Crippen LogP contribution in [0.15, 0.2) is 78.9 Å². The van der Waals surface area contributed by atoms with Gasteiger partial charge in [0.2, 0.25) is 0 Å². The minimum atomic E-state index is -0.178. The second-order valence-electron chi connectivity index (χ2n) is 6.45. The number of fused-ring (bicyclic) bond motifs is 1. The average Bonchev–Trinajstić information content (AvgIpc) is 2.72. The SMILES string of the molecule is C.CNCC1COc2ccccc2C1Oc1ccc(Cl)cc1.Fc1ccccc1. The molecule has 3 nitrogen and oxygen atoms in total. The number of hydrogen-bond acceptors (Lipinski definition) is 3. The summed E-state index contributed by atoms with van der Waals surface area (Å²) in [5.74, 6) is 1.81. The van der Waals surface area contributed by atoms with Gasteiger partial charge in [-0.15, -0.1) is 0 Å². The third-order valence-electron chi connectivity index (χ3n) is 4.38. The van der Waals surface area contributed by atoms with Crippen LogP contribution < -0.4 is 14.8 Å². The molecule has 0 fully saturated rings. The molecule has 154 valence electrons. The predicted octanol–water partition coefficient (Wildman–Crippen LogP) is 6.15. The van der Waals surface area contributed by atoms with E-state index in [0.29, 0.717) is 11.6 Å². The number of nitrogens with one attached hydrogen (secondary N) is 1. The van der Waals surface area contributed by atoms with Gasteiger partial charge in [-0.1, -0.05) is 55.4 Å². The van der Waals surface area contributed by atoms with Crippen LogP contribution in [0, 0.1) is 11.7 Å². The van der Waals surface area contributed by atoms with Gasteiger partial charge in [-0.2, -0.15) is 0 Å². The van der Waals surface area contributed by atoms with E-state index in [-0.39, 0.29) is 25.3 Å². The molecule has 0 radical (unpaired) electrons. The Morgan fingerprint density at radius 3 is 2.28 bits per heavy atom. The lowest BCUT2D eigenvalue weighted by molar-refractivity contribution is 0.0704. The van der Waals surface area contributed by atoms with Crippen LogP contribution in [0.25, 0.3) is 0 Å². The van der Waals surface area contributed by atoms with Gasteiger partial charge in [0.15, 0.2) is 0 Å². The summed E-state index contributed by atoms with van der Waals surface area (Å²) in [5.41, 5.74) is 1.10. The molecule has 0 bridgehead atoms. The van der Waals surface area contributed by atoms with E-state index in [4.69, 9.17) is 21.1 Å². The van der Waals surface area contributed by atoms with Gasteiger partial charge in [-0.25, -0.2) is 4.39 Å². The molecule has 5 heteroatoms. The second-order valence-corrected chi connectivity index (χ2v) is 6.89. The Balaban J connectivity index is 0.000000319. The van der Waals surface area contributed by atoms with Crippen LogP contribution >= 0.6 is 11.6 Å². The van der Waals surface area contributed by atoms with Crippen molar-refractivity contribution in [2.45, 2.75) is 13.5 Å². The van der Waals surface area contributed by atoms with Gasteiger partial charge in [0.05, 0.1) is 6.61 Å². The molecule has 29 heavy (non-hydrogen) atoms. The number of para-hydroxylation sites is 1. The summed E-state index contributed by atoms with van der Waals surface area (Å²) in [4.78, 5) is 0. The Bertz CT molecular complexity index is 858. The van der Waals surface area contributed by atoms with Gasteiger partial charge >= 0.3 is 0 Å². The maximum Gasteiger partial charge on any atom is 0.135 e. The van der Waals surface area contributed by atoms with Crippen molar-refractivity contribution in [2.24, 2.45) is 5.92 Å². The summed E-state index contributed by atoms with van der Waals surface area (Å²) in [6, 6.07) is 23.5. The van der Waals surface area contributed by atoms with E-state index in [1.807, 2.05) is 49.5 Å². The zero-order valence-electron chi connectivity index (χ0n) is 15.6. The molecule has 0 spiro atoms. The molecule has 3 aromatic rings. The lowest BCUT2D eigenvalue weighted by atomic mass is 9.93. The largest absolute Gasteiger partial charge is 0.493 e. The molecule has 0 aliphatic carbocycles. The van der Waals surface area contributed by atoms with E-state index in [1.165, 1.54) is 12.1 Å². The molecule has 3 aromatic carbocycles. The quantitative estimate of drug-likeness (QED) is 0.554. The van der Waals surface area contributed by atoms with Gasteiger partial charge in [0, 0.05) is 23.0 Å². The summed E-state index contributed by atoms with van der Waals surface area (Å²) in [6.45, 7) is 1.49. The average molecular weight is 416 g/mol. The lowest BCUT2D eigenvalue weighted by Crippen LogP contribution is -2.35. The zero-order valence-corrected chi connectivity index (χ0v) is 16.4. The monoisotopic (exact) mass is 415 g/mol. The molecule has 0 saturated carbocycles. The number of benzene rings is 3. The highest BCUT2D eigenvalue weighted by Crippen LogP contribution is 2.38. The van der Waals surface area contributed by atoms with Crippen LogP contribution in [0.2, 0.25) is 5.02 Å². The summed E-state index contributed by atoms with van der Waals surface area (Å²) >= 11 is 5.93. The Hall–Kier alpha value is -2.56. The summed E-state index contributed by atoms with van der Waals surface area (Å²) < 4.78 is 24.0. The van der Waals surface area contributed by atoms with Crippen molar-refractivity contribution < 1.29 is 13.9 Å². The Kier molecular flexibility index (Phi) is 8.97. The van der Waals surface area contributed by atoms with Gasteiger partial charge < -0.3 is 14.8 Å². The van der Waals surface area contributed by atoms with Crippen LogP contribution in [0.1, 0.15) is 19.1 Å². The second kappa shape index (κ2) is 11.4. The molecule has 2 unspecified atom stereocenters. The fraction of sp³-hybridized carbons (Fsp3) is 0.250. The molecular formula is C24H27ClFNO2. The molecule has 0 amide bonds. The first-order chi connectivity index (χ1) is 13.7. The highest BCUT2D eigenvalue weighted by molar-refractivity contribution is 6.30. The van der Waals surface area contributed by atoms with Gasteiger partial charge in [0.1, 0.15) is 23.4 Å². The first kappa shape index (κ1) is 22.7. The summed E-state index contributed by atoms with van der Waals surface area (Å²) in [6.07, 6.45) is -0.0245. The molecule has 1 N–H and O–H groups in total. The first-order valence-corrected chi connectivity index (χ1v) is 9.54. The number of halogens is 2. The minimum absolute atomic E-state index is 0. The Labute approximate surface area is 177 Å². The van der Waals surface area contributed by atoms with Crippen molar-refractivity contribution in [2.75, 3.05) is 20.2 Å². The molecule has 1 heterocycles. The van der Waals surface area contributed by atoms with Crippen LogP contribution in [0.4, 0.5) is 4.39 Å². The van der Waals surface area contributed by atoms with E-state index < -0.39 is 0 Å². The molecule has 2 atom stereocenters. The lowest BCUT2D eigenvalue weighted by Gasteiger charge is -2.33. The highest BCUT2D eigenvalue weighted by atomic mass is 35.5. The van der Waals surface area contributed by atoms with Crippen molar-refractivity contribution >= 4 is 11.6 Å². The third-order valence-corrected chi connectivity index (χ3v) is 4.63. The number of ether oxygens (including phenoxy) is 2. The molecule has 0 saturated heterocycles. The van der Waals surface area contributed by atoms with E-state index in [1.54, 1.807) is 18.2 Å². The standard InChI is InChI=1S/C17H18ClNO2.C6H5F.CH4/c1-19-10-12-11-20-16-5-3-2-4-15(16)17(12)21-14-8-6-13(18)7-9-14;7-6-4-2-1-3-5-6;/h2-9,12,17,19H,10-11H2,1H3;1-5H;1H4. The van der Waals surface area contributed by atoms with Crippen molar-refractivity contribution in [3.05, 3.63) is 95.3 Å². The van der Waals surface area contributed by atoms with Gasteiger partial charge in [0.25, 0.3) is 0 Å². The summed E-state index contributed by atoms with van der Waals surface area (Å²) in [5, 5.41) is 3.92. The van der Waals surface area contributed by atoms with E-state index in [2.05, 4.69) is 11.4 Å². The van der Waals surface area contributed by atoms with Crippen LogP contribution in [0.5, 0.6) is 11.5 Å². The summed E-state index contributed by atoms with van der Waals surface area (Å²) in [7, 11) is 1.94. The van der Waals surface area contributed by atoms with Crippen LogP contribution in [-0.2, 0) is 0 Å². The zero-order chi connectivity index (χ0) is 19.8.